The van der Waals surface area contributed by atoms with Crippen molar-refractivity contribution in [2.45, 2.75) is 35.0 Å². The summed E-state index contributed by atoms with van der Waals surface area (Å²) in [6.07, 6.45) is -8.67. The molecule has 0 bridgehead atoms. The van der Waals surface area contributed by atoms with E-state index in [0.29, 0.717) is 12.8 Å². The van der Waals surface area contributed by atoms with Crippen LogP contribution in [0.5, 0.6) is 0 Å². The Bertz CT molecular complexity index is 1590. The number of nitrogens with two attached hydrogens (primary N) is 2. The smallest absolute Gasteiger partial charge is 0.379 e. The zero-order valence-electron chi connectivity index (χ0n) is 22.9. The summed E-state index contributed by atoms with van der Waals surface area (Å²) in [5.74, 6) is -0.787. The number of thioether (sulfide) groups is 2. The molecule has 246 valence electrons. The number of rotatable bonds is 11. The first-order chi connectivity index (χ1) is 21.8. The van der Waals surface area contributed by atoms with Gasteiger partial charge in [0.25, 0.3) is 0 Å². The lowest BCUT2D eigenvalue weighted by atomic mass is 10.2. The third kappa shape index (κ3) is 8.58. The lowest BCUT2D eigenvalue weighted by Gasteiger charge is -2.14. The highest BCUT2D eigenvalue weighted by molar-refractivity contribution is 7.99. The Morgan fingerprint density at radius 2 is 1.09 bits per heavy atom. The summed E-state index contributed by atoms with van der Waals surface area (Å²) < 4.78 is 91.8. The average molecular weight is 693 g/mol. The summed E-state index contributed by atoms with van der Waals surface area (Å²) >= 11 is 1.85. The Morgan fingerprint density at radius 1 is 0.696 bits per heavy atom. The van der Waals surface area contributed by atoms with Gasteiger partial charge in [0.2, 0.25) is 0 Å². The van der Waals surface area contributed by atoms with Gasteiger partial charge >= 0.3 is 12.4 Å². The zero-order chi connectivity index (χ0) is 33.5. The third-order valence-corrected chi connectivity index (χ3v) is 8.08. The first kappa shape index (κ1) is 34.3. The van der Waals surface area contributed by atoms with Crippen molar-refractivity contribution in [2.75, 3.05) is 23.0 Å². The van der Waals surface area contributed by atoms with Crippen molar-refractivity contribution < 1.29 is 46.0 Å². The van der Waals surface area contributed by atoms with E-state index >= 15 is 0 Å². The van der Waals surface area contributed by atoms with Crippen LogP contribution in [0.1, 0.15) is 35.4 Å². The molecule has 0 aliphatic heterocycles. The van der Waals surface area contributed by atoms with Crippen LogP contribution >= 0.6 is 23.5 Å². The maximum absolute atomic E-state index is 13.8. The highest BCUT2D eigenvalue weighted by Crippen LogP contribution is 2.41. The minimum absolute atomic E-state index is 0.0874. The van der Waals surface area contributed by atoms with Gasteiger partial charge in [0.05, 0.1) is 22.5 Å². The van der Waals surface area contributed by atoms with Crippen molar-refractivity contribution in [3.63, 3.8) is 0 Å². The number of hydrogen-bond donors (Lipinski definition) is 6. The molecule has 2 aromatic carbocycles. The number of anilines is 2. The predicted octanol–water partition coefficient (Wildman–Crippen LogP) is 5.43. The lowest BCUT2D eigenvalue weighted by molar-refractivity contribution is -0.140. The third-order valence-electron chi connectivity index (χ3n) is 5.76. The molecule has 4 aromatic rings. The Labute approximate surface area is 262 Å². The van der Waals surface area contributed by atoms with Gasteiger partial charge in [-0.1, -0.05) is 0 Å². The molecule has 14 nitrogen and oxygen atoms in total. The van der Waals surface area contributed by atoms with Gasteiger partial charge in [-0.15, -0.1) is 23.5 Å². The van der Waals surface area contributed by atoms with Gasteiger partial charge in [-0.05, 0) is 81.4 Å². The van der Waals surface area contributed by atoms with E-state index in [1.165, 1.54) is 24.3 Å². The first-order valence-corrected chi connectivity index (χ1v) is 14.6. The van der Waals surface area contributed by atoms with Gasteiger partial charge < -0.3 is 11.5 Å². The van der Waals surface area contributed by atoms with E-state index in [0.717, 1.165) is 35.7 Å². The number of aliphatic imine (C=N–C) groups is 2. The Hall–Kier alpha value is -4.54. The van der Waals surface area contributed by atoms with Gasteiger partial charge in [0, 0.05) is 9.79 Å². The second kappa shape index (κ2) is 14.7. The SMILES string of the molecule is Nc1nonc1C(=Nc1ccc(SCCCCSc2ccc(N=C(NO)c3nonc3N)cc2C(F)(F)F)c(C(F)(F)F)c1)NO. The molecule has 0 saturated carbocycles. The molecule has 2 aromatic heterocycles. The molecule has 2 heterocycles. The van der Waals surface area contributed by atoms with Crippen LogP contribution in [-0.2, 0) is 12.4 Å². The van der Waals surface area contributed by atoms with Crippen LogP contribution in [0, 0.1) is 0 Å². The molecule has 0 aliphatic carbocycles. The van der Waals surface area contributed by atoms with Crippen molar-refractivity contribution in [1.82, 2.24) is 31.6 Å². The standard InChI is InChI=1S/C24H22F6N10O4S2/c25-23(26,27)13-9-11(33-21(35-41)17-19(31)39-43-37-17)3-5-15(13)45-7-1-2-8-46-16-6-4-12(10-14(16)24(28,29)30)34-22(36-42)18-20(32)40-44-38-18/h3-6,9-10,41-42H,1-2,7-8H2,(H2,31,39)(H2,32,40)(H,33,35)(H,34,36). The van der Waals surface area contributed by atoms with E-state index in [2.05, 4.69) is 39.9 Å². The van der Waals surface area contributed by atoms with Crippen molar-refractivity contribution in [3.05, 3.63) is 58.9 Å². The average Bonchev–Trinajstić information content (AvgIpc) is 3.63. The molecule has 0 atom stereocenters. The minimum atomic E-state index is -4.73. The molecule has 0 fully saturated rings. The molecular formula is C24H22F6N10O4S2. The number of nitrogens with one attached hydrogen (secondary N) is 2. The molecule has 0 amide bonds. The van der Waals surface area contributed by atoms with E-state index in [-0.39, 0.29) is 67.4 Å². The summed E-state index contributed by atoms with van der Waals surface area (Å²) in [5, 5.41) is 32.1. The van der Waals surface area contributed by atoms with Crippen molar-refractivity contribution in [1.29, 1.82) is 0 Å². The zero-order valence-corrected chi connectivity index (χ0v) is 24.6. The normalized spacial score (nSPS) is 12.9. The van der Waals surface area contributed by atoms with Crippen molar-refractivity contribution in [2.24, 2.45) is 9.98 Å². The van der Waals surface area contributed by atoms with Crippen LogP contribution < -0.4 is 22.4 Å². The molecular weight excluding hydrogens is 670 g/mol. The highest BCUT2D eigenvalue weighted by Gasteiger charge is 2.35. The number of hydroxylamine groups is 2. The van der Waals surface area contributed by atoms with Crippen LogP contribution in [0.4, 0.5) is 49.4 Å². The van der Waals surface area contributed by atoms with Gasteiger partial charge in [-0.3, -0.25) is 21.4 Å². The second-order valence-corrected chi connectivity index (χ2v) is 11.2. The number of unbranched alkanes of at least 4 members (excludes halogenated alkanes) is 1. The predicted molar refractivity (Wildman–Crippen MR) is 153 cm³/mol. The molecule has 0 unspecified atom stereocenters. The second-order valence-electron chi connectivity index (χ2n) is 8.90. The molecule has 22 heteroatoms. The minimum Gasteiger partial charge on any atom is -0.379 e. The molecule has 0 radical (unpaired) electrons. The van der Waals surface area contributed by atoms with Crippen molar-refractivity contribution in [3.8, 4) is 0 Å². The van der Waals surface area contributed by atoms with E-state index in [9.17, 15) is 36.8 Å². The molecule has 0 saturated heterocycles. The summed E-state index contributed by atoms with van der Waals surface area (Å²) in [6.45, 7) is 0. The number of benzene rings is 2. The van der Waals surface area contributed by atoms with Gasteiger partial charge in [-0.2, -0.15) is 26.3 Å². The van der Waals surface area contributed by atoms with Gasteiger partial charge in [0.15, 0.2) is 34.7 Å². The highest BCUT2D eigenvalue weighted by atomic mass is 32.2. The number of aromatic nitrogens is 4. The monoisotopic (exact) mass is 692 g/mol. The maximum atomic E-state index is 13.8. The van der Waals surface area contributed by atoms with E-state index in [4.69, 9.17) is 11.5 Å². The number of nitrogen functional groups attached to an aromatic ring is 2. The number of alkyl halides is 6. The van der Waals surface area contributed by atoms with Crippen LogP contribution in [0.2, 0.25) is 0 Å². The van der Waals surface area contributed by atoms with E-state index in [1.807, 2.05) is 0 Å². The molecule has 8 N–H and O–H groups in total. The number of halogens is 6. The van der Waals surface area contributed by atoms with E-state index < -0.39 is 23.5 Å². The van der Waals surface area contributed by atoms with Gasteiger partial charge in [0.1, 0.15) is 0 Å². The van der Waals surface area contributed by atoms with Crippen LogP contribution in [0.25, 0.3) is 0 Å². The number of amidine groups is 2. The fourth-order valence-electron chi connectivity index (χ4n) is 3.68. The summed E-state index contributed by atoms with van der Waals surface area (Å²) in [4.78, 5) is 7.61. The Kier molecular flexibility index (Phi) is 11.0. The van der Waals surface area contributed by atoms with Crippen LogP contribution in [0.15, 0.2) is 65.4 Å². The Balaban J connectivity index is 1.38. The number of hydrogen-bond acceptors (Lipinski definition) is 14. The first-order valence-electron chi connectivity index (χ1n) is 12.6. The largest absolute Gasteiger partial charge is 0.417 e. The number of nitrogens with zero attached hydrogens (tertiary/aromatic N) is 6. The Morgan fingerprint density at radius 3 is 1.39 bits per heavy atom. The molecule has 0 aliphatic rings. The molecule has 4 rings (SSSR count). The summed E-state index contributed by atoms with van der Waals surface area (Å²) in [5.41, 5.74) is 11.7. The van der Waals surface area contributed by atoms with Crippen molar-refractivity contribution >= 4 is 58.2 Å². The fraction of sp³-hybridized carbons (Fsp3) is 0.250. The fourth-order valence-corrected chi connectivity index (χ4v) is 5.80. The topological polar surface area (TPSA) is 219 Å². The summed E-state index contributed by atoms with van der Waals surface area (Å²) in [6, 6.07) is 6.57. The van der Waals surface area contributed by atoms with Crippen LogP contribution in [-0.4, -0.2) is 54.2 Å². The quantitative estimate of drug-likeness (QED) is 0.0288. The van der Waals surface area contributed by atoms with Gasteiger partial charge in [-0.25, -0.2) is 19.2 Å². The summed E-state index contributed by atoms with van der Waals surface area (Å²) in [7, 11) is 0. The van der Waals surface area contributed by atoms with E-state index in [1.54, 1.807) is 11.0 Å². The molecule has 0 spiro atoms. The lowest BCUT2D eigenvalue weighted by Crippen LogP contribution is -2.21. The van der Waals surface area contributed by atoms with Crippen LogP contribution in [0.3, 0.4) is 0 Å². The molecule has 46 heavy (non-hydrogen) atoms. The maximum Gasteiger partial charge on any atom is 0.417 e.